The third-order valence-corrected chi connectivity index (χ3v) is 3.89. The number of nitrogens with one attached hydrogen (secondary N) is 1. The van der Waals surface area contributed by atoms with Crippen molar-refractivity contribution in [2.45, 2.75) is 19.3 Å². The van der Waals surface area contributed by atoms with Gasteiger partial charge in [-0.3, -0.25) is 4.99 Å². The van der Waals surface area contributed by atoms with Crippen LogP contribution in [0.2, 0.25) is 5.02 Å². The first-order valence-electron chi connectivity index (χ1n) is 8.05. The number of pyridine rings is 1. The smallest absolute Gasteiger partial charge is 0.422 e. The van der Waals surface area contributed by atoms with Crippen LogP contribution in [0.4, 0.5) is 13.2 Å². The number of ether oxygens (including phenoxy) is 1. The SMILES string of the molecule is CN=C(NCc1ccnc(OCC(F)(F)F)c1)N(C)Cc1cc(Cl)cn1C.I. The van der Waals surface area contributed by atoms with Crippen LogP contribution < -0.4 is 10.1 Å². The van der Waals surface area contributed by atoms with Gasteiger partial charge >= 0.3 is 6.18 Å². The van der Waals surface area contributed by atoms with Crippen molar-refractivity contribution >= 4 is 41.5 Å². The predicted octanol–water partition coefficient (Wildman–Crippen LogP) is 3.84. The summed E-state index contributed by atoms with van der Waals surface area (Å²) < 4.78 is 43.3. The molecule has 0 atom stereocenters. The zero-order valence-corrected chi connectivity index (χ0v) is 18.7. The molecule has 2 aromatic rings. The van der Waals surface area contributed by atoms with E-state index in [2.05, 4.69) is 20.0 Å². The summed E-state index contributed by atoms with van der Waals surface area (Å²) in [6.45, 7) is -0.435. The van der Waals surface area contributed by atoms with Crippen LogP contribution >= 0.6 is 35.6 Å². The molecular weight excluding hydrogens is 510 g/mol. The molecule has 11 heteroatoms. The van der Waals surface area contributed by atoms with E-state index in [0.717, 1.165) is 11.3 Å². The summed E-state index contributed by atoms with van der Waals surface area (Å²) in [7, 11) is 5.44. The van der Waals surface area contributed by atoms with E-state index in [0.29, 0.717) is 24.1 Å². The molecule has 0 saturated carbocycles. The molecule has 0 bridgehead atoms. The first-order chi connectivity index (χ1) is 12.7. The third-order valence-electron chi connectivity index (χ3n) is 3.68. The molecule has 0 unspecified atom stereocenters. The van der Waals surface area contributed by atoms with Crippen molar-refractivity contribution in [3.8, 4) is 5.88 Å². The van der Waals surface area contributed by atoms with Crippen molar-refractivity contribution in [3.05, 3.63) is 46.9 Å². The van der Waals surface area contributed by atoms with Gasteiger partial charge < -0.3 is 19.5 Å². The maximum Gasteiger partial charge on any atom is 0.422 e. The fourth-order valence-electron chi connectivity index (χ4n) is 2.40. The molecule has 0 amide bonds. The molecule has 0 aliphatic heterocycles. The highest BCUT2D eigenvalue weighted by atomic mass is 127. The van der Waals surface area contributed by atoms with Gasteiger partial charge in [0.05, 0.1) is 11.6 Å². The number of aryl methyl sites for hydroxylation is 1. The lowest BCUT2D eigenvalue weighted by Crippen LogP contribution is -2.38. The molecular formula is C17H22ClF3IN5O. The monoisotopic (exact) mass is 531 g/mol. The Kier molecular flexibility index (Phi) is 9.34. The highest BCUT2D eigenvalue weighted by molar-refractivity contribution is 14.0. The van der Waals surface area contributed by atoms with E-state index >= 15 is 0 Å². The van der Waals surface area contributed by atoms with E-state index in [1.807, 2.05) is 35.8 Å². The minimum atomic E-state index is -4.40. The lowest BCUT2D eigenvalue weighted by molar-refractivity contribution is -0.154. The maximum absolute atomic E-state index is 12.2. The van der Waals surface area contributed by atoms with Crippen molar-refractivity contribution in [3.63, 3.8) is 0 Å². The van der Waals surface area contributed by atoms with Crippen molar-refractivity contribution in [2.75, 3.05) is 20.7 Å². The number of hydrogen-bond acceptors (Lipinski definition) is 3. The normalized spacial score (nSPS) is 11.8. The molecule has 0 aliphatic carbocycles. The standard InChI is InChI=1S/C17H21ClF3N5O.HI/c1-22-16(26(3)10-14-7-13(18)9-25(14)2)24-8-12-4-5-23-15(6-12)27-11-17(19,20)21;/h4-7,9H,8,10-11H2,1-3H3,(H,22,24);1H. The van der Waals surface area contributed by atoms with Crippen molar-refractivity contribution in [2.24, 2.45) is 12.0 Å². The van der Waals surface area contributed by atoms with Crippen LogP contribution in [0.1, 0.15) is 11.3 Å². The topological polar surface area (TPSA) is 54.7 Å². The Morgan fingerprint density at radius 1 is 1.39 bits per heavy atom. The average Bonchev–Trinajstić information content (AvgIpc) is 2.90. The zero-order valence-electron chi connectivity index (χ0n) is 15.6. The Morgan fingerprint density at radius 3 is 2.68 bits per heavy atom. The summed E-state index contributed by atoms with van der Waals surface area (Å²) in [4.78, 5) is 9.92. The molecule has 28 heavy (non-hydrogen) atoms. The largest absolute Gasteiger partial charge is 0.468 e. The Hall–Kier alpha value is -1.69. The molecule has 2 aromatic heterocycles. The van der Waals surface area contributed by atoms with E-state index < -0.39 is 12.8 Å². The van der Waals surface area contributed by atoms with Crippen LogP contribution in [0.3, 0.4) is 0 Å². The summed E-state index contributed by atoms with van der Waals surface area (Å²) in [5.41, 5.74) is 1.73. The average molecular weight is 532 g/mol. The van der Waals surface area contributed by atoms with Crippen molar-refractivity contribution in [1.29, 1.82) is 0 Å². The van der Waals surface area contributed by atoms with E-state index in [9.17, 15) is 13.2 Å². The highest BCUT2D eigenvalue weighted by Crippen LogP contribution is 2.18. The molecule has 0 radical (unpaired) electrons. The van der Waals surface area contributed by atoms with E-state index in [1.165, 1.54) is 12.3 Å². The van der Waals surface area contributed by atoms with Gasteiger partial charge in [-0.05, 0) is 17.7 Å². The number of halogens is 5. The molecule has 0 aliphatic rings. The fourth-order valence-corrected chi connectivity index (χ4v) is 2.67. The number of rotatable bonds is 6. The number of nitrogens with zero attached hydrogens (tertiary/aromatic N) is 4. The second-order valence-electron chi connectivity index (χ2n) is 5.92. The molecule has 2 heterocycles. The Morgan fingerprint density at radius 2 is 2.11 bits per heavy atom. The Balaban J connectivity index is 0.00000392. The summed E-state index contributed by atoms with van der Waals surface area (Å²) in [6, 6.07) is 5.03. The minimum Gasteiger partial charge on any atom is -0.468 e. The Labute approximate surface area is 183 Å². The van der Waals surface area contributed by atoms with Crippen LogP contribution in [-0.2, 0) is 20.1 Å². The van der Waals surface area contributed by atoms with Gasteiger partial charge in [-0.25, -0.2) is 4.98 Å². The summed E-state index contributed by atoms with van der Waals surface area (Å²) in [6.07, 6.45) is -1.18. The van der Waals surface area contributed by atoms with Crippen LogP contribution in [-0.4, -0.2) is 47.3 Å². The highest BCUT2D eigenvalue weighted by Gasteiger charge is 2.28. The molecule has 0 fully saturated rings. The number of aromatic nitrogens is 2. The predicted molar refractivity (Wildman–Crippen MR) is 113 cm³/mol. The van der Waals surface area contributed by atoms with E-state index in [1.54, 1.807) is 13.1 Å². The van der Waals surface area contributed by atoms with Gasteiger partial charge in [-0.1, -0.05) is 11.6 Å². The third kappa shape index (κ3) is 7.74. The fraction of sp³-hybridized carbons (Fsp3) is 0.412. The van der Waals surface area contributed by atoms with Crippen LogP contribution in [0.5, 0.6) is 5.88 Å². The quantitative estimate of drug-likeness (QED) is 0.350. The van der Waals surface area contributed by atoms with Gasteiger partial charge in [-0.15, -0.1) is 24.0 Å². The van der Waals surface area contributed by atoms with Gasteiger partial charge in [0.25, 0.3) is 0 Å². The van der Waals surface area contributed by atoms with E-state index in [-0.39, 0.29) is 29.9 Å². The number of hydrogen-bond donors (Lipinski definition) is 1. The van der Waals surface area contributed by atoms with Crippen LogP contribution in [0, 0.1) is 0 Å². The molecule has 1 N–H and O–H groups in total. The van der Waals surface area contributed by atoms with Crippen LogP contribution in [0.25, 0.3) is 0 Å². The summed E-state index contributed by atoms with van der Waals surface area (Å²) >= 11 is 6.00. The first-order valence-corrected chi connectivity index (χ1v) is 8.42. The number of alkyl halides is 3. The minimum absolute atomic E-state index is 0. The molecule has 2 rings (SSSR count). The molecule has 0 spiro atoms. The Bertz CT molecular complexity index is 797. The van der Waals surface area contributed by atoms with Gasteiger partial charge in [0, 0.05) is 51.8 Å². The molecule has 0 aromatic carbocycles. The van der Waals surface area contributed by atoms with Gasteiger partial charge in [0.1, 0.15) is 0 Å². The number of guanidine groups is 1. The lowest BCUT2D eigenvalue weighted by atomic mass is 10.2. The van der Waals surface area contributed by atoms with Crippen molar-refractivity contribution in [1.82, 2.24) is 19.8 Å². The second kappa shape index (κ2) is 10.7. The maximum atomic E-state index is 12.2. The van der Waals surface area contributed by atoms with Gasteiger partial charge in [-0.2, -0.15) is 13.2 Å². The van der Waals surface area contributed by atoms with Gasteiger partial charge in [0.15, 0.2) is 12.6 Å². The molecule has 0 saturated heterocycles. The number of aliphatic imine (C=N–C) groups is 1. The first kappa shape index (κ1) is 24.3. The molecule has 6 nitrogen and oxygen atoms in total. The summed E-state index contributed by atoms with van der Waals surface area (Å²) in [5, 5.41) is 3.82. The molecule has 156 valence electrons. The second-order valence-corrected chi connectivity index (χ2v) is 6.36. The summed E-state index contributed by atoms with van der Waals surface area (Å²) in [5.74, 6) is 0.551. The lowest BCUT2D eigenvalue weighted by Gasteiger charge is -2.22. The zero-order chi connectivity index (χ0) is 20.0. The van der Waals surface area contributed by atoms with Crippen molar-refractivity contribution < 1.29 is 17.9 Å². The van der Waals surface area contributed by atoms with Crippen LogP contribution in [0.15, 0.2) is 35.6 Å². The van der Waals surface area contributed by atoms with E-state index in [4.69, 9.17) is 11.6 Å². The van der Waals surface area contributed by atoms with Gasteiger partial charge in [0.2, 0.25) is 5.88 Å².